The van der Waals surface area contributed by atoms with Crippen molar-refractivity contribution in [1.29, 1.82) is 0 Å². The van der Waals surface area contributed by atoms with E-state index in [0.717, 1.165) is 0 Å². The number of hydrogen-bond donors (Lipinski definition) is 0. The molecule has 0 N–H and O–H groups in total. The summed E-state index contributed by atoms with van der Waals surface area (Å²) in [6, 6.07) is 0. The predicted octanol–water partition coefficient (Wildman–Crippen LogP) is 2.90. The van der Waals surface area contributed by atoms with Crippen LogP contribution >= 0.6 is 11.9 Å². The van der Waals surface area contributed by atoms with Crippen molar-refractivity contribution < 1.29 is 9.08 Å². The van der Waals surface area contributed by atoms with Crippen LogP contribution in [0.1, 0.15) is 39.5 Å². The minimum atomic E-state index is 0.140. The topological polar surface area (TPSA) is 26.3 Å². The quantitative estimate of drug-likeness (QED) is 0.474. The van der Waals surface area contributed by atoms with E-state index in [4.69, 9.17) is 4.79 Å². The van der Waals surface area contributed by atoms with Gasteiger partial charge in [-0.1, -0.05) is 39.5 Å². The monoisotopic (exact) mass is 166 g/mol. The van der Waals surface area contributed by atoms with Crippen molar-refractivity contribution in [3.8, 4) is 0 Å². The first-order valence-corrected chi connectivity index (χ1v) is 3.85. The Morgan fingerprint density at radius 1 is 1.30 bits per heavy atom. The highest BCUT2D eigenvalue weighted by atomic mass is 35.5. The van der Waals surface area contributed by atoms with Crippen LogP contribution in [0.4, 0.5) is 0 Å². The summed E-state index contributed by atoms with van der Waals surface area (Å²) >= 11 is 4.32. The molecule has 0 bridgehead atoms. The van der Waals surface area contributed by atoms with Gasteiger partial charge in [0.1, 0.15) is 11.9 Å². The fourth-order valence-corrected chi connectivity index (χ4v) is 0.500. The molecule has 0 aromatic heterocycles. The van der Waals surface area contributed by atoms with Crippen LogP contribution in [0.5, 0.6) is 0 Å². The van der Waals surface area contributed by atoms with Crippen LogP contribution in [0, 0.1) is 0 Å². The molecule has 10 heavy (non-hydrogen) atoms. The van der Waals surface area contributed by atoms with E-state index in [1.165, 1.54) is 25.7 Å². The van der Waals surface area contributed by atoms with Crippen LogP contribution in [0.25, 0.3) is 0 Å². The molecule has 3 heteroatoms. The standard InChI is InChI=1S/C6H14.CHClO2/c1-3-5-6-4-2;2-4-1-3/h3-6H2,1-2H3;1H. The van der Waals surface area contributed by atoms with Crippen LogP contribution in [0.15, 0.2) is 0 Å². The SMILES string of the molecule is CCCCCC.O=COCl. The van der Waals surface area contributed by atoms with E-state index >= 15 is 0 Å². The lowest BCUT2D eigenvalue weighted by molar-refractivity contribution is -0.120. The smallest absolute Gasteiger partial charge is 0.312 e. The maximum Gasteiger partial charge on any atom is 0.312 e. The maximum absolute atomic E-state index is 8.82. The molecule has 0 rings (SSSR count). The molecule has 62 valence electrons. The van der Waals surface area contributed by atoms with Gasteiger partial charge in [-0.25, -0.2) is 0 Å². The summed E-state index contributed by atoms with van der Waals surface area (Å²) in [5.41, 5.74) is 0. The highest BCUT2D eigenvalue weighted by molar-refractivity contribution is 6.10. The van der Waals surface area contributed by atoms with Gasteiger partial charge >= 0.3 is 6.47 Å². The Bertz CT molecular complexity index is 53.6. The van der Waals surface area contributed by atoms with E-state index in [9.17, 15) is 0 Å². The molecule has 0 radical (unpaired) electrons. The number of halogens is 1. The zero-order chi connectivity index (χ0) is 8.24. The molecule has 0 aliphatic carbocycles. The largest absolute Gasteiger partial charge is 0.350 e. The number of unbranched alkanes of at least 4 members (excludes halogenated alkanes) is 3. The Hall–Kier alpha value is -0.240. The molecule has 0 spiro atoms. The third-order valence-corrected chi connectivity index (χ3v) is 1.07. The van der Waals surface area contributed by atoms with Gasteiger partial charge in [0.2, 0.25) is 0 Å². The van der Waals surface area contributed by atoms with Gasteiger partial charge < -0.3 is 4.29 Å². The highest BCUT2D eigenvalue weighted by Crippen LogP contribution is 1.95. The lowest BCUT2D eigenvalue weighted by Crippen LogP contribution is -1.66. The molecule has 0 saturated carbocycles. The zero-order valence-electron chi connectivity index (χ0n) is 6.60. The summed E-state index contributed by atoms with van der Waals surface area (Å²) < 4.78 is 3.33. The van der Waals surface area contributed by atoms with E-state index in [2.05, 4.69) is 30.0 Å². The fourth-order valence-electron chi connectivity index (χ4n) is 0.500. The van der Waals surface area contributed by atoms with Gasteiger partial charge in [-0.15, -0.1) is 0 Å². The Morgan fingerprint density at radius 2 is 1.60 bits per heavy atom. The van der Waals surface area contributed by atoms with E-state index in [1.54, 1.807) is 0 Å². The molecule has 0 saturated heterocycles. The molecule has 0 atom stereocenters. The third kappa shape index (κ3) is 25.1. The molecular weight excluding hydrogens is 152 g/mol. The summed E-state index contributed by atoms with van der Waals surface area (Å²) in [4.78, 5) is 8.82. The summed E-state index contributed by atoms with van der Waals surface area (Å²) in [5, 5.41) is 0. The lowest BCUT2D eigenvalue weighted by Gasteiger charge is -1.86. The second kappa shape index (κ2) is 15.9. The zero-order valence-corrected chi connectivity index (χ0v) is 7.36. The second-order valence-electron chi connectivity index (χ2n) is 1.89. The number of rotatable bonds is 4. The number of hydrogen-bond acceptors (Lipinski definition) is 2. The predicted molar refractivity (Wildman–Crippen MR) is 42.8 cm³/mol. The Labute approximate surface area is 67.7 Å². The van der Waals surface area contributed by atoms with Gasteiger partial charge in [-0.05, 0) is 0 Å². The first-order chi connectivity index (χ1) is 4.83. The van der Waals surface area contributed by atoms with Gasteiger partial charge in [-0.3, -0.25) is 4.79 Å². The molecule has 0 unspecified atom stereocenters. The minimum absolute atomic E-state index is 0.140. The van der Waals surface area contributed by atoms with Crippen LogP contribution in [0.3, 0.4) is 0 Å². The first-order valence-electron chi connectivity index (χ1n) is 3.54. The number of carbonyl (C=O) groups excluding carboxylic acids is 1. The highest BCUT2D eigenvalue weighted by Gasteiger charge is 1.75. The molecular formula is C7H15ClO2. The summed E-state index contributed by atoms with van der Waals surface area (Å²) in [6.07, 6.45) is 5.54. The van der Waals surface area contributed by atoms with Crippen molar-refractivity contribution >= 4 is 18.3 Å². The molecule has 0 aromatic rings. The van der Waals surface area contributed by atoms with Gasteiger partial charge in [0.25, 0.3) is 0 Å². The van der Waals surface area contributed by atoms with Crippen molar-refractivity contribution in [3.63, 3.8) is 0 Å². The summed E-state index contributed by atoms with van der Waals surface area (Å²) in [6.45, 7) is 4.60. The molecule has 0 aromatic carbocycles. The second-order valence-corrected chi connectivity index (χ2v) is 2.07. The molecule has 0 amide bonds. The van der Waals surface area contributed by atoms with Crippen LogP contribution in [0.2, 0.25) is 0 Å². The maximum atomic E-state index is 8.82. The molecule has 0 fully saturated rings. The van der Waals surface area contributed by atoms with Crippen LogP contribution in [-0.4, -0.2) is 6.47 Å². The lowest BCUT2D eigenvalue weighted by atomic mass is 10.2. The van der Waals surface area contributed by atoms with E-state index in [-0.39, 0.29) is 6.47 Å². The molecule has 0 aliphatic rings. The number of carbonyl (C=O) groups is 1. The molecule has 2 nitrogen and oxygen atoms in total. The minimum Gasteiger partial charge on any atom is -0.350 e. The third-order valence-electron chi connectivity index (χ3n) is 0.993. The van der Waals surface area contributed by atoms with E-state index < -0.39 is 0 Å². The van der Waals surface area contributed by atoms with Crippen molar-refractivity contribution in [3.05, 3.63) is 0 Å². The van der Waals surface area contributed by atoms with Gasteiger partial charge in [0.05, 0.1) is 0 Å². The van der Waals surface area contributed by atoms with E-state index in [0.29, 0.717) is 0 Å². The van der Waals surface area contributed by atoms with Gasteiger partial charge in [0.15, 0.2) is 0 Å². The van der Waals surface area contributed by atoms with Crippen molar-refractivity contribution in [2.45, 2.75) is 39.5 Å². The first kappa shape index (κ1) is 12.4. The summed E-state index contributed by atoms with van der Waals surface area (Å²) in [7, 11) is 0. The van der Waals surface area contributed by atoms with Crippen LogP contribution < -0.4 is 0 Å². The van der Waals surface area contributed by atoms with Crippen molar-refractivity contribution in [2.24, 2.45) is 0 Å². The van der Waals surface area contributed by atoms with Crippen molar-refractivity contribution in [1.82, 2.24) is 0 Å². The molecule has 0 heterocycles. The normalized spacial score (nSPS) is 7.50. The Kier molecular flexibility index (Phi) is 19.8. The van der Waals surface area contributed by atoms with Gasteiger partial charge in [0, 0.05) is 0 Å². The van der Waals surface area contributed by atoms with Gasteiger partial charge in [-0.2, -0.15) is 0 Å². The average Bonchev–Trinajstić information content (AvgIpc) is 2.01. The fraction of sp³-hybridized carbons (Fsp3) is 0.857. The Morgan fingerprint density at radius 3 is 1.70 bits per heavy atom. The van der Waals surface area contributed by atoms with E-state index in [1.807, 2.05) is 0 Å². The van der Waals surface area contributed by atoms with Crippen molar-refractivity contribution in [2.75, 3.05) is 0 Å². The average molecular weight is 167 g/mol. The van der Waals surface area contributed by atoms with Crippen LogP contribution in [-0.2, 0) is 9.08 Å². The summed E-state index contributed by atoms with van der Waals surface area (Å²) in [5.74, 6) is 0. The Balaban J connectivity index is 0. The molecule has 0 aliphatic heterocycles.